The van der Waals surface area contributed by atoms with Crippen LogP contribution in [0, 0.1) is 6.92 Å². The third-order valence-corrected chi connectivity index (χ3v) is 3.28. The van der Waals surface area contributed by atoms with Crippen LogP contribution in [0.2, 0.25) is 5.22 Å². The van der Waals surface area contributed by atoms with E-state index >= 15 is 0 Å². The molecule has 0 saturated heterocycles. The van der Waals surface area contributed by atoms with Gasteiger partial charge in [0, 0.05) is 11.8 Å². The van der Waals surface area contributed by atoms with Gasteiger partial charge in [0.05, 0.1) is 0 Å². The summed E-state index contributed by atoms with van der Waals surface area (Å²) in [7, 11) is 0. The van der Waals surface area contributed by atoms with Crippen molar-refractivity contribution in [2.24, 2.45) is 4.99 Å². The van der Waals surface area contributed by atoms with Gasteiger partial charge in [-0.05, 0) is 24.1 Å². The Kier molecular flexibility index (Phi) is 3.84. The summed E-state index contributed by atoms with van der Waals surface area (Å²) in [5.41, 5.74) is 3.68. The number of nitrogens with zero attached hydrogens (tertiary/aromatic N) is 2. The molecule has 0 fully saturated rings. The predicted octanol–water partition coefficient (Wildman–Crippen LogP) is 5.05. The number of benzene rings is 2. The average molecular weight is 297 g/mol. The lowest BCUT2D eigenvalue weighted by Crippen LogP contribution is -1.80. The van der Waals surface area contributed by atoms with Crippen molar-refractivity contribution in [1.29, 1.82) is 0 Å². The number of aromatic nitrogens is 1. The molecule has 21 heavy (non-hydrogen) atoms. The van der Waals surface area contributed by atoms with Crippen molar-refractivity contribution >= 4 is 23.8 Å². The molecule has 0 bridgehead atoms. The normalized spacial score (nSPS) is 11.1. The molecular weight excluding hydrogens is 284 g/mol. The first-order valence-corrected chi connectivity index (χ1v) is 6.92. The van der Waals surface area contributed by atoms with E-state index in [1.807, 2.05) is 61.5 Å². The van der Waals surface area contributed by atoms with Crippen molar-refractivity contribution < 1.29 is 4.42 Å². The minimum absolute atomic E-state index is 0.249. The maximum Gasteiger partial charge on any atom is 0.323 e. The number of hydrogen-bond donors (Lipinski definition) is 0. The van der Waals surface area contributed by atoms with Gasteiger partial charge < -0.3 is 4.42 Å². The third-order valence-electron chi connectivity index (χ3n) is 3.02. The van der Waals surface area contributed by atoms with Crippen LogP contribution in [0.25, 0.3) is 11.3 Å². The second-order valence-corrected chi connectivity index (χ2v) is 5.00. The highest BCUT2D eigenvalue weighted by atomic mass is 35.5. The van der Waals surface area contributed by atoms with Crippen LogP contribution in [0.5, 0.6) is 0 Å². The average Bonchev–Trinajstić information content (AvgIpc) is 2.88. The van der Waals surface area contributed by atoms with Gasteiger partial charge in [0.2, 0.25) is 5.22 Å². The Bertz CT molecular complexity index is 761. The number of rotatable bonds is 3. The van der Waals surface area contributed by atoms with E-state index in [1.165, 1.54) is 5.56 Å². The summed E-state index contributed by atoms with van der Waals surface area (Å²) in [6.45, 7) is 2.03. The molecule has 0 unspecified atom stereocenters. The lowest BCUT2D eigenvalue weighted by molar-refractivity contribution is 0.572. The molecule has 0 spiro atoms. The number of halogens is 1. The largest absolute Gasteiger partial charge is 0.409 e. The summed E-state index contributed by atoms with van der Waals surface area (Å²) < 4.78 is 5.38. The van der Waals surface area contributed by atoms with Gasteiger partial charge in [0.25, 0.3) is 0 Å². The summed E-state index contributed by atoms with van der Waals surface area (Å²) in [6.07, 6.45) is 1.70. The SMILES string of the molecule is Cc1ccc(-c2nc(/N=C/c3ccccc3)oc2Cl)cc1. The Morgan fingerprint density at radius 3 is 2.48 bits per heavy atom. The second-order valence-electron chi connectivity index (χ2n) is 4.65. The number of aliphatic imine (C=N–C) groups is 1. The summed E-state index contributed by atoms with van der Waals surface area (Å²) >= 11 is 6.10. The molecule has 3 rings (SSSR count). The topological polar surface area (TPSA) is 38.4 Å². The summed E-state index contributed by atoms with van der Waals surface area (Å²) in [5.74, 6) is 0. The van der Waals surface area contributed by atoms with Crippen molar-refractivity contribution in [1.82, 2.24) is 4.98 Å². The van der Waals surface area contributed by atoms with Gasteiger partial charge in [-0.25, -0.2) is 4.99 Å². The Morgan fingerprint density at radius 2 is 1.76 bits per heavy atom. The van der Waals surface area contributed by atoms with Crippen molar-refractivity contribution in [3.05, 3.63) is 70.9 Å². The molecule has 1 aromatic heterocycles. The number of aryl methyl sites for hydroxylation is 1. The van der Waals surface area contributed by atoms with E-state index < -0.39 is 0 Å². The van der Waals surface area contributed by atoms with Crippen molar-refractivity contribution in [2.45, 2.75) is 6.92 Å². The van der Waals surface area contributed by atoms with E-state index in [9.17, 15) is 0 Å². The van der Waals surface area contributed by atoms with E-state index in [1.54, 1.807) is 6.21 Å². The third kappa shape index (κ3) is 3.20. The lowest BCUT2D eigenvalue weighted by Gasteiger charge is -1.96. The zero-order valence-corrected chi connectivity index (χ0v) is 12.2. The molecule has 4 heteroatoms. The van der Waals surface area contributed by atoms with Crippen LogP contribution in [0.15, 0.2) is 64.0 Å². The first-order valence-electron chi connectivity index (χ1n) is 6.55. The van der Waals surface area contributed by atoms with Crippen molar-refractivity contribution in [3.63, 3.8) is 0 Å². The van der Waals surface area contributed by atoms with Gasteiger partial charge in [0.15, 0.2) is 0 Å². The van der Waals surface area contributed by atoms with E-state index in [0.29, 0.717) is 5.69 Å². The molecule has 0 aliphatic heterocycles. The van der Waals surface area contributed by atoms with Crippen molar-refractivity contribution in [2.75, 3.05) is 0 Å². The van der Waals surface area contributed by atoms with Gasteiger partial charge in [-0.2, -0.15) is 4.98 Å². The Hall–Kier alpha value is -2.39. The first-order chi connectivity index (χ1) is 10.2. The molecule has 0 radical (unpaired) electrons. The van der Waals surface area contributed by atoms with Crippen LogP contribution in [0.1, 0.15) is 11.1 Å². The molecule has 0 atom stereocenters. The Balaban J connectivity index is 1.88. The molecule has 0 amide bonds. The fourth-order valence-corrected chi connectivity index (χ4v) is 2.12. The molecule has 0 saturated carbocycles. The molecule has 0 aliphatic rings. The van der Waals surface area contributed by atoms with Gasteiger partial charge >= 0.3 is 6.01 Å². The minimum atomic E-state index is 0.249. The molecule has 3 aromatic rings. The molecular formula is C17H13ClN2O. The van der Waals surface area contributed by atoms with Gasteiger partial charge in [-0.1, -0.05) is 60.2 Å². The van der Waals surface area contributed by atoms with Crippen LogP contribution in [-0.2, 0) is 0 Å². The highest BCUT2D eigenvalue weighted by Gasteiger charge is 2.12. The maximum atomic E-state index is 6.10. The minimum Gasteiger partial charge on any atom is -0.409 e. The highest BCUT2D eigenvalue weighted by Crippen LogP contribution is 2.31. The lowest BCUT2D eigenvalue weighted by atomic mass is 10.1. The van der Waals surface area contributed by atoms with E-state index in [-0.39, 0.29) is 11.2 Å². The molecule has 0 aliphatic carbocycles. The molecule has 104 valence electrons. The Labute approximate surface area is 127 Å². The second kappa shape index (κ2) is 5.94. The quantitative estimate of drug-likeness (QED) is 0.634. The van der Waals surface area contributed by atoms with E-state index in [0.717, 1.165) is 11.1 Å². The van der Waals surface area contributed by atoms with Crippen molar-refractivity contribution in [3.8, 4) is 11.3 Å². The standard InChI is InChI=1S/C17H13ClN2O/c1-12-7-9-14(10-8-12)15-16(18)21-17(20-15)19-11-13-5-3-2-4-6-13/h2-11H,1H3/b19-11+. The number of hydrogen-bond acceptors (Lipinski definition) is 3. The summed E-state index contributed by atoms with van der Waals surface area (Å²) in [4.78, 5) is 8.54. The van der Waals surface area contributed by atoms with Crippen LogP contribution in [0.4, 0.5) is 6.01 Å². The van der Waals surface area contributed by atoms with Crippen LogP contribution < -0.4 is 0 Å². The fourth-order valence-electron chi connectivity index (χ4n) is 1.90. The molecule has 1 heterocycles. The fraction of sp³-hybridized carbons (Fsp3) is 0.0588. The van der Waals surface area contributed by atoms with Crippen LogP contribution in [-0.4, -0.2) is 11.2 Å². The van der Waals surface area contributed by atoms with Crippen LogP contribution >= 0.6 is 11.6 Å². The van der Waals surface area contributed by atoms with Crippen LogP contribution in [0.3, 0.4) is 0 Å². The Morgan fingerprint density at radius 1 is 1.05 bits per heavy atom. The maximum absolute atomic E-state index is 6.10. The van der Waals surface area contributed by atoms with Gasteiger partial charge in [0.1, 0.15) is 5.69 Å². The zero-order chi connectivity index (χ0) is 14.7. The smallest absolute Gasteiger partial charge is 0.323 e. The monoisotopic (exact) mass is 296 g/mol. The summed E-state index contributed by atoms with van der Waals surface area (Å²) in [6, 6.07) is 17.9. The van der Waals surface area contributed by atoms with E-state index in [2.05, 4.69) is 9.98 Å². The van der Waals surface area contributed by atoms with Gasteiger partial charge in [-0.15, -0.1) is 0 Å². The first kappa shape index (κ1) is 13.6. The summed E-state index contributed by atoms with van der Waals surface area (Å²) in [5, 5.41) is 0.249. The zero-order valence-electron chi connectivity index (χ0n) is 11.5. The predicted molar refractivity (Wildman–Crippen MR) is 85.4 cm³/mol. The molecule has 2 aromatic carbocycles. The van der Waals surface area contributed by atoms with Gasteiger partial charge in [-0.3, -0.25) is 0 Å². The highest BCUT2D eigenvalue weighted by molar-refractivity contribution is 6.31. The molecule has 0 N–H and O–H groups in total. The number of oxazole rings is 1. The molecule has 3 nitrogen and oxygen atoms in total. The van der Waals surface area contributed by atoms with E-state index in [4.69, 9.17) is 16.0 Å².